The second-order valence-electron chi connectivity index (χ2n) is 7.55. The molecule has 0 radical (unpaired) electrons. The molecule has 1 aromatic heterocycles. The van der Waals surface area contributed by atoms with Crippen molar-refractivity contribution < 1.29 is 24.3 Å². The lowest BCUT2D eigenvalue weighted by Gasteiger charge is -2.24. The molecule has 0 fully saturated rings. The number of nitro benzene ring substituents is 1. The van der Waals surface area contributed by atoms with Gasteiger partial charge in [0.05, 0.1) is 40.5 Å². The number of hydrogen-bond donors (Lipinski definition) is 1. The summed E-state index contributed by atoms with van der Waals surface area (Å²) in [7, 11) is 1.54. The molecule has 10 nitrogen and oxygen atoms in total. The Hall–Kier alpha value is -4.25. The van der Waals surface area contributed by atoms with E-state index in [0.29, 0.717) is 21.8 Å². The van der Waals surface area contributed by atoms with Crippen molar-refractivity contribution in [1.29, 1.82) is 0 Å². The van der Waals surface area contributed by atoms with Gasteiger partial charge in [-0.25, -0.2) is 9.79 Å². The van der Waals surface area contributed by atoms with Crippen LogP contribution in [0.4, 0.5) is 5.69 Å². The zero-order valence-corrected chi connectivity index (χ0v) is 19.9. The number of para-hydroxylation sites is 1. The number of benzene rings is 2. The monoisotopic (exact) mass is 495 g/mol. The number of carbonyl (C=O) groups is 1. The van der Waals surface area contributed by atoms with Crippen LogP contribution in [-0.2, 0) is 9.53 Å². The van der Waals surface area contributed by atoms with Crippen LogP contribution in [0.1, 0.15) is 31.0 Å². The van der Waals surface area contributed by atoms with Gasteiger partial charge in [-0.1, -0.05) is 35.6 Å². The second-order valence-corrected chi connectivity index (χ2v) is 8.56. The molecule has 2 aromatic carbocycles. The van der Waals surface area contributed by atoms with Crippen molar-refractivity contribution in [2.75, 3.05) is 13.7 Å². The number of thiazole rings is 1. The van der Waals surface area contributed by atoms with Crippen LogP contribution in [0.5, 0.6) is 11.5 Å². The summed E-state index contributed by atoms with van der Waals surface area (Å²) >= 11 is 1.05. The van der Waals surface area contributed by atoms with Gasteiger partial charge in [0.15, 0.2) is 4.80 Å². The molecule has 180 valence electrons. The smallest absolute Gasteiger partial charge is 0.338 e. The van der Waals surface area contributed by atoms with Crippen molar-refractivity contribution in [3.05, 3.63) is 94.7 Å². The van der Waals surface area contributed by atoms with Gasteiger partial charge in [0.1, 0.15) is 5.75 Å². The molecule has 1 N–H and O–H groups in total. The maximum absolute atomic E-state index is 13.6. The molecule has 11 heteroatoms. The number of rotatable bonds is 6. The van der Waals surface area contributed by atoms with Crippen LogP contribution in [-0.4, -0.2) is 34.3 Å². The summed E-state index contributed by atoms with van der Waals surface area (Å²) in [6, 6.07) is 10.2. The molecule has 0 bridgehead atoms. The van der Waals surface area contributed by atoms with Crippen LogP contribution >= 0.6 is 11.3 Å². The molecule has 1 unspecified atom stereocenters. The Bertz CT molecular complexity index is 1530. The molecule has 0 spiro atoms. The van der Waals surface area contributed by atoms with Crippen LogP contribution in [0.2, 0.25) is 0 Å². The first-order chi connectivity index (χ1) is 16.8. The molecule has 3 aromatic rings. The van der Waals surface area contributed by atoms with Gasteiger partial charge < -0.3 is 14.6 Å². The fourth-order valence-electron chi connectivity index (χ4n) is 3.85. The lowest BCUT2D eigenvalue weighted by Crippen LogP contribution is -2.39. The zero-order valence-electron chi connectivity index (χ0n) is 19.0. The number of fused-ring (bicyclic) bond motifs is 1. The topological polar surface area (TPSA) is 133 Å². The Kier molecular flexibility index (Phi) is 6.52. The molecular formula is C24H21N3O7S. The Morgan fingerprint density at radius 1 is 1.29 bits per heavy atom. The molecule has 0 saturated heterocycles. The predicted molar refractivity (Wildman–Crippen MR) is 128 cm³/mol. The predicted octanol–water partition coefficient (Wildman–Crippen LogP) is 2.42. The largest absolute Gasteiger partial charge is 0.502 e. The van der Waals surface area contributed by atoms with Crippen LogP contribution in [0.15, 0.2) is 63.5 Å². The van der Waals surface area contributed by atoms with Gasteiger partial charge in [-0.2, -0.15) is 0 Å². The molecular weight excluding hydrogens is 474 g/mol. The van der Waals surface area contributed by atoms with E-state index in [-0.39, 0.29) is 22.3 Å². The van der Waals surface area contributed by atoms with E-state index < -0.39 is 33.9 Å². The average molecular weight is 496 g/mol. The summed E-state index contributed by atoms with van der Waals surface area (Å²) in [5.41, 5.74) is 0.475. The number of phenols is 1. The van der Waals surface area contributed by atoms with Gasteiger partial charge in [0.25, 0.3) is 5.56 Å². The maximum Gasteiger partial charge on any atom is 0.338 e. The Balaban J connectivity index is 1.95. The summed E-state index contributed by atoms with van der Waals surface area (Å²) in [6.45, 7) is 3.52. The highest BCUT2D eigenvalue weighted by Crippen LogP contribution is 2.32. The average Bonchev–Trinajstić information content (AvgIpc) is 3.13. The van der Waals surface area contributed by atoms with Crippen molar-refractivity contribution >= 4 is 29.1 Å². The summed E-state index contributed by atoms with van der Waals surface area (Å²) < 4.78 is 12.1. The molecule has 35 heavy (non-hydrogen) atoms. The highest BCUT2D eigenvalue weighted by atomic mass is 32.1. The minimum atomic E-state index is -0.808. The third kappa shape index (κ3) is 4.33. The van der Waals surface area contributed by atoms with Crippen molar-refractivity contribution in [2.45, 2.75) is 19.9 Å². The van der Waals surface area contributed by atoms with Gasteiger partial charge in [-0.05, 0) is 37.6 Å². The number of phenolic OH excluding ortho intramolecular Hbond substituents is 1. The SMILES string of the molecule is CCOC(=O)C1=C(C)N=c2s/c(=C\c3cccc([N+](=O)[O-])c3O)c(=O)n2C1c1ccc(OC)cc1. The van der Waals surface area contributed by atoms with E-state index in [9.17, 15) is 24.8 Å². The number of hydrogen-bond acceptors (Lipinski definition) is 9. The first-order valence-corrected chi connectivity index (χ1v) is 11.4. The quantitative estimate of drug-likeness (QED) is 0.315. The number of allylic oxidation sites excluding steroid dienone is 1. The van der Waals surface area contributed by atoms with Gasteiger partial charge >= 0.3 is 11.7 Å². The zero-order chi connectivity index (χ0) is 25.3. The first-order valence-electron chi connectivity index (χ1n) is 10.6. The molecule has 0 aliphatic carbocycles. The number of methoxy groups -OCH3 is 1. The maximum atomic E-state index is 13.6. The fraction of sp³-hybridized carbons (Fsp3) is 0.208. The highest BCUT2D eigenvalue weighted by Gasteiger charge is 2.33. The second kappa shape index (κ2) is 9.55. The molecule has 1 aliphatic rings. The third-order valence-electron chi connectivity index (χ3n) is 5.48. The summed E-state index contributed by atoms with van der Waals surface area (Å²) in [4.78, 5) is 41.8. The van der Waals surface area contributed by atoms with E-state index >= 15 is 0 Å². The van der Waals surface area contributed by atoms with E-state index in [2.05, 4.69) is 4.99 Å². The summed E-state index contributed by atoms with van der Waals surface area (Å²) in [6.07, 6.45) is 1.38. The first kappa shape index (κ1) is 23.9. The van der Waals surface area contributed by atoms with Crippen LogP contribution < -0.4 is 19.6 Å². The lowest BCUT2D eigenvalue weighted by atomic mass is 9.96. The number of carbonyl (C=O) groups excluding carboxylic acids is 1. The Morgan fingerprint density at radius 3 is 2.63 bits per heavy atom. The molecule has 4 rings (SSSR count). The van der Waals surface area contributed by atoms with Crippen molar-refractivity contribution in [3.63, 3.8) is 0 Å². The van der Waals surface area contributed by atoms with E-state index in [1.54, 1.807) is 38.1 Å². The minimum absolute atomic E-state index is 0.117. The van der Waals surface area contributed by atoms with E-state index in [1.807, 2.05) is 0 Å². The third-order valence-corrected chi connectivity index (χ3v) is 6.46. The summed E-state index contributed by atoms with van der Waals surface area (Å²) in [5.74, 6) is -0.515. The van der Waals surface area contributed by atoms with Crippen molar-refractivity contribution in [3.8, 4) is 11.5 Å². The van der Waals surface area contributed by atoms with E-state index in [1.165, 1.54) is 36.0 Å². The molecule has 1 aliphatic heterocycles. The number of aromatic nitrogens is 1. The van der Waals surface area contributed by atoms with Crippen LogP contribution in [0.3, 0.4) is 0 Å². The lowest BCUT2D eigenvalue weighted by molar-refractivity contribution is -0.385. The molecule has 0 amide bonds. The number of aromatic hydroxyl groups is 1. The Labute approximate surface area is 202 Å². The molecule has 2 heterocycles. The van der Waals surface area contributed by atoms with Crippen LogP contribution in [0, 0.1) is 10.1 Å². The molecule has 1 atom stereocenters. The van der Waals surface area contributed by atoms with Gasteiger partial charge in [0.2, 0.25) is 5.75 Å². The van der Waals surface area contributed by atoms with E-state index in [0.717, 1.165) is 11.3 Å². The number of esters is 1. The van der Waals surface area contributed by atoms with Crippen LogP contribution in [0.25, 0.3) is 6.08 Å². The van der Waals surface area contributed by atoms with Gasteiger partial charge in [0, 0.05) is 11.6 Å². The minimum Gasteiger partial charge on any atom is -0.502 e. The van der Waals surface area contributed by atoms with E-state index in [4.69, 9.17) is 9.47 Å². The van der Waals surface area contributed by atoms with Gasteiger partial charge in [-0.15, -0.1) is 0 Å². The normalized spacial score (nSPS) is 15.4. The standard InChI is InChI=1S/C24H21N3O7S/c1-4-34-23(30)19-13(2)25-24-26(20(19)14-8-10-16(33-3)11-9-14)22(29)18(35-24)12-15-6-5-7-17(21(15)28)27(31)32/h5-12,20,28H,4H2,1-3H3/b18-12-. The fourth-order valence-corrected chi connectivity index (χ4v) is 4.88. The van der Waals surface area contributed by atoms with Crippen molar-refractivity contribution in [2.24, 2.45) is 4.99 Å². The number of nitrogens with zero attached hydrogens (tertiary/aromatic N) is 3. The number of nitro groups is 1. The number of ether oxygens (including phenoxy) is 2. The van der Waals surface area contributed by atoms with Crippen molar-refractivity contribution in [1.82, 2.24) is 4.57 Å². The highest BCUT2D eigenvalue weighted by molar-refractivity contribution is 7.07. The molecule has 0 saturated carbocycles. The summed E-state index contributed by atoms with van der Waals surface area (Å²) in [5, 5.41) is 21.5. The Morgan fingerprint density at radius 2 is 2.00 bits per heavy atom. The van der Waals surface area contributed by atoms with Gasteiger partial charge in [-0.3, -0.25) is 19.5 Å².